The molecule has 0 saturated heterocycles. The number of halogens is 2. The van der Waals surface area contributed by atoms with Gasteiger partial charge in [-0.1, -0.05) is 41.9 Å². The summed E-state index contributed by atoms with van der Waals surface area (Å²) in [6.07, 6.45) is 0.892. The van der Waals surface area contributed by atoms with Crippen molar-refractivity contribution in [3.63, 3.8) is 0 Å². The molecule has 0 saturated carbocycles. The van der Waals surface area contributed by atoms with Crippen molar-refractivity contribution in [3.05, 3.63) is 86.6 Å². The molecule has 0 spiro atoms. The van der Waals surface area contributed by atoms with Crippen molar-refractivity contribution < 1.29 is 14.0 Å². The lowest BCUT2D eigenvalue weighted by molar-refractivity contribution is -0.123. The number of amides is 2. The van der Waals surface area contributed by atoms with Crippen molar-refractivity contribution in [3.8, 4) is 0 Å². The van der Waals surface area contributed by atoms with Crippen molar-refractivity contribution >= 4 is 34.8 Å². The summed E-state index contributed by atoms with van der Waals surface area (Å²) in [7, 11) is 0. The number of benzene rings is 2. The molecular formula is C21H17ClFN3O2S. The predicted octanol–water partition coefficient (Wildman–Crippen LogP) is 4.29. The van der Waals surface area contributed by atoms with Crippen LogP contribution in [0.1, 0.15) is 45.7 Å². The highest BCUT2D eigenvalue weighted by Gasteiger charge is 2.40. The van der Waals surface area contributed by atoms with Crippen LogP contribution < -0.4 is 5.73 Å². The van der Waals surface area contributed by atoms with Crippen LogP contribution in [0.5, 0.6) is 0 Å². The van der Waals surface area contributed by atoms with E-state index in [1.165, 1.54) is 22.3 Å². The van der Waals surface area contributed by atoms with Crippen LogP contribution in [0.4, 0.5) is 4.39 Å². The highest BCUT2D eigenvalue weighted by atomic mass is 35.5. The fourth-order valence-electron chi connectivity index (χ4n) is 3.90. The topological polar surface area (TPSA) is 76.3 Å². The van der Waals surface area contributed by atoms with Crippen molar-refractivity contribution in [1.29, 1.82) is 0 Å². The van der Waals surface area contributed by atoms with Crippen LogP contribution in [0.3, 0.4) is 0 Å². The van der Waals surface area contributed by atoms with Gasteiger partial charge in [-0.25, -0.2) is 9.37 Å². The third kappa shape index (κ3) is 3.63. The molecule has 5 nitrogen and oxygen atoms in total. The van der Waals surface area contributed by atoms with Gasteiger partial charge in [-0.05, 0) is 41.7 Å². The number of aromatic nitrogens is 1. The summed E-state index contributed by atoms with van der Waals surface area (Å²) in [5.74, 6) is -1.51. The van der Waals surface area contributed by atoms with Gasteiger partial charge < -0.3 is 10.6 Å². The SMILES string of the molecule is NC(=O)[C@@H](c1ccccc1)N(C(=O)c1cscn1)[C@@H]1CCc2c(F)cc(Cl)cc21. The average Bonchev–Trinajstić information content (AvgIpc) is 3.36. The van der Waals surface area contributed by atoms with E-state index in [2.05, 4.69) is 4.98 Å². The van der Waals surface area contributed by atoms with Gasteiger partial charge in [0.25, 0.3) is 5.91 Å². The van der Waals surface area contributed by atoms with Crippen LogP contribution in [-0.4, -0.2) is 21.7 Å². The molecule has 1 aliphatic rings. The Bertz CT molecular complexity index is 1060. The van der Waals surface area contributed by atoms with Gasteiger partial charge in [0.15, 0.2) is 0 Å². The zero-order valence-electron chi connectivity index (χ0n) is 15.2. The van der Waals surface area contributed by atoms with Crippen LogP contribution in [0.15, 0.2) is 53.4 Å². The first kappa shape index (κ1) is 19.5. The summed E-state index contributed by atoms with van der Waals surface area (Å²) in [6, 6.07) is 10.2. The van der Waals surface area contributed by atoms with Crippen LogP contribution in [0, 0.1) is 5.82 Å². The van der Waals surface area contributed by atoms with E-state index in [1.807, 2.05) is 6.07 Å². The van der Waals surface area contributed by atoms with Gasteiger partial charge in [-0.15, -0.1) is 11.3 Å². The highest BCUT2D eigenvalue weighted by molar-refractivity contribution is 7.07. The number of primary amides is 1. The van der Waals surface area contributed by atoms with E-state index in [9.17, 15) is 14.0 Å². The quantitative estimate of drug-likeness (QED) is 0.657. The second-order valence-electron chi connectivity index (χ2n) is 6.81. The number of nitrogens with two attached hydrogens (primary N) is 1. The molecule has 0 fully saturated rings. The van der Waals surface area contributed by atoms with E-state index in [4.69, 9.17) is 17.3 Å². The summed E-state index contributed by atoms with van der Waals surface area (Å²) in [6.45, 7) is 0. The molecule has 0 unspecified atom stereocenters. The summed E-state index contributed by atoms with van der Waals surface area (Å²) >= 11 is 7.37. The third-order valence-corrected chi connectivity index (χ3v) is 5.91. The minimum atomic E-state index is -1.02. The summed E-state index contributed by atoms with van der Waals surface area (Å²) in [5.41, 5.74) is 9.21. The Morgan fingerprint density at radius 2 is 2.03 bits per heavy atom. The molecule has 3 aromatic rings. The summed E-state index contributed by atoms with van der Waals surface area (Å²) in [5, 5.41) is 1.86. The first-order valence-corrected chi connectivity index (χ1v) is 10.3. The van der Waals surface area contributed by atoms with E-state index in [0.29, 0.717) is 29.5 Å². The Balaban J connectivity index is 1.87. The van der Waals surface area contributed by atoms with Gasteiger partial charge in [-0.2, -0.15) is 0 Å². The van der Waals surface area contributed by atoms with Crippen molar-refractivity contribution in [1.82, 2.24) is 9.88 Å². The second-order valence-corrected chi connectivity index (χ2v) is 7.97. The molecule has 0 bridgehead atoms. The Morgan fingerprint density at radius 1 is 1.28 bits per heavy atom. The first-order valence-electron chi connectivity index (χ1n) is 9.00. The molecule has 2 amide bonds. The van der Waals surface area contributed by atoms with Crippen molar-refractivity contribution in [2.24, 2.45) is 5.73 Å². The molecule has 0 aliphatic heterocycles. The first-order chi connectivity index (χ1) is 14.0. The zero-order valence-corrected chi connectivity index (χ0v) is 16.8. The maximum atomic E-state index is 14.5. The van der Waals surface area contributed by atoms with Gasteiger partial charge in [0.1, 0.15) is 17.6 Å². The molecule has 0 radical (unpaired) electrons. The predicted molar refractivity (Wildman–Crippen MR) is 109 cm³/mol. The largest absolute Gasteiger partial charge is 0.368 e. The molecular weight excluding hydrogens is 413 g/mol. The van der Waals surface area contributed by atoms with Gasteiger partial charge in [0.05, 0.1) is 11.6 Å². The number of nitrogens with zero attached hydrogens (tertiary/aromatic N) is 2. The Morgan fingerprint density at radius 3 is 2.69 bits per heavy atom. The van der Waals surface area contributed by atoms with Gasteiger partial charge in [0.2, 0.25) is 5.91 Å². The standard InChI is InChI=1S/C21H17ClFN3O2S/c22-13-8-15-14(16(23)9-13)6-7-18(15)26(21(28)17-10-29-11-25-17)19(20(24)27)12-4-2-1-3-5-12/h1-5,8-11,18-19H,6-7H2,(H2,24,27)/t18-,19-/m1/s1. The molecule has 2 aromatic carbocycles. The lowest BCUT2D eigenvalue weighted by atomic mass is 9.98. The Hall–Kier alpha value is -2.77. The molecule has 4 rings (SSSR count). The molecule has 2 N–H and O–H groups in total. The molecule has 8 heteroatoms. The zero-order chi connectivity index (χ0) is 20.5. The Labute approximate surface area is 175 Å². The van der Waals surface area contributed by atoms with Crippen molar-refractivity contribution in [2.75, 3.05) is 0 Å². The number of hydrogen-bond donors (Lipinski definition) is 1. The average molecular weight is 430 g/mol. The second kappa shape index (κ2) is 7.93. The van der Waals surface area contributed by atoms with E-state index >= 15 is 0 Å². The van der Waals surface area contributed by atoms with E-state index in [-0.39, 0.29) is 10.7 Å². The minimum absolute atomic E-state index is 0.216. The summed E-state index contributed by atoms with van der Waals surface area (Å²) in [4.78, 5) is 31.5. The normalized spacial score (nSPS) is 16.3. The highest BCUT2D eigenvalue weighted by Crippen LogP contribution is 2.43. The minimum Gasteiger partial charge on any atom is -0.368 e. The molecule has 148 valence electrons. The van der Waals surface area contributed by atoms with Crippen LogP contribution in [0.2, 0.25) is 5.02 Å². The number of rotatable bonds is 5. The molecule has 1 heterocycles. The van der Waals surface area contributed by atoms with Crippen molar-refractivity contribution in [2.45, 2.75) is 24.9 Å². The van der Waals surface area contributed by atoms with Gasteiger partial charge >= 0.3 is 0 Å². The number of thiazole rings is 1. The van der Waals surface area contributed by atoms with E-state index in [1.54, 1.807) is 41.2 Å². The molecule has 1 aromatic heterocycles. The number of hydrogen-bond acceptors (Lipinski definition) is 4. The Kier molecular flexibility index (Phi) is 5.34. The number of carbonyl (C=O) groups excluding carboxylic acids is 2. The fourth-order valence-corrected chi connectivity index (χ4v) is 4.64. The molecule has 2 atom stereocenters. The summed E-state index contributed by atoms with van der Waals surface area (Å²) < 4.78 is 14.5. The maximum absolute atomic E-state index is 14.5. The van der Waals surface area contributed by atoms with Gasteiger partial charge in [-0.3, -0.25) is 9.59 Å². The number of fused-ring (bicyclic) bond motifs is 1. The monoisotopic (exact) mass is 429 g/mol. The lowest BCUT2D eigenvalue weighted by Crippen LogP contribution is -2.43. The molecule has 1 aliphatic carbocycles. The maximum Gasteiger partial charge on any atom is 0.274 e. The van der Waals surface area contributed by atoms with Gasteiger partial charge in [0, 0.05) is 10.4 Å². The third-order valence-electron chi connectivity index (χ3n) is 5.11. The lowest BCUT2D eigenvalue weighted by Gasteiger charge is -2.35. The molecule has 29 heavy (non-hydrogen) atoms. The van der Waals surface area contributed by atoms with Crippen LogP contribution >= 0.6 is 22.9 Å². The van der Waals surface area contributed by atoms with Crippen LogP contribution in [-0.2, 0) is 11.2 Å². The smallest absolute Gasteiger partial charge is 0.274 e. The van der Waals surface area contributed by atoms with E-state index < -0.39 is 29.7 Å². The fraction of sp³-hybridized carbons (Fsp3) is 0.190. The number of carbonyl (C=O) groups is 2. The van der Waals surface area contributed by atoms with E-state index in [0.717, 1.165) is 0 Å². The van der Waals surface area contributed by atoms with Crippen LogP contribution in [0.25, 0.3) is 0 Å².